The third-order valence-electron chi connectivity index (χ3n) is 4.98. The van der Waals surface area contributed by atoms with E-state index >= 15 is 0 Å². The summed E-state index contributed by atoms with van der Waals surface area (Å²) < 4.78 is 4.28. The van der Waals surface area contributed by atoms with Gasteiger partial charge in [-0.2, -0.15) is 0 Å². The zero-order valence-electron chi connectivity index (χ0n) is 18.0. The molecule has 4 rings (SSSR count). The highest BCUT2D eigenvalue weighted by molar-refractivity contribution is 8.00. The van der Waals surface area contributed by atoms with Crippen LogP contribution < -0.4 is 16.6 Å². The number of hydrogen-bond acceptors (Lipinski definition) is 9. The summed E-state index contributed by atoms with van der Waals surface area (Å²) in [7, 11) is 0. The van der Waals surface area contributed by atoms with Crippen molar-refractivity contribution in [1.82, 2.24) is 29.3 Å². The van der Waals surface area contributed by atoms with E-state index in [4.69, 9.17) is 0 Å². The van der Waals surface area contributed by atoms with Crippen molar-refractivity contribution in [3.05, 3.63) is 49.1 Å². The summed E-state index contributed by atoms with van der Waals surface area (Å²) in [6, 6.07) is 4.18. The average molecular weight is 492 g/mol. The number of anilines is 1. The Morgan fingerprint density at radius 2 is 2.09 bits per heavy atom. The third kappa shape index (κ3) is 4.97. The number of imidazole rings is 1. The maximum atomic E-state index is 12.5. The first-order chi connectivity index (χ1) is 15.6. The van der Waals surface area contributed by atoms with Gasteiger partial charge in [-0.05, 0) is 31.2 Å². The number of aromatic amines is 1. The third-order valence-corrected chi connectivity index (χ3v) is 7.92. The van der Waals surface area contributed by atoms with E-state index in [1.54, 1.807) is 15.9 Å². The van der Waals surface area contributed by atoms with Gasteiger partial charge in [0.05, 0.1) is 5.75 Å². The number of unbranched alkanes of at least 4 members (excludes halogenated alkanes) is 1. The summed E-state index contributed by atoms with van der Waals surface area (Å²) in [5.41, 5.74) is 0.111. The number of aryl methyl sites for hydroxylation is 2. The Kier molecular flexibility index (Phi) is 7.43. The van der Waals surface area contributed by atoms with E-state index in [1.165, 1.54) is 28.0 Å². The Balaban J connectivity index is 1.48. The van der Waals surface area contributed by atoms with Crippen LogP contribution in [0.3, 0.4) is 0 Å². The number of hydrogen-bond donors (Lipinski definition) is 2. The minimum Gasteiger partial charge on any atom is -0.360 e. The summed E-state index contributed by atoms with van der Waals surface area (Å²) in [6.45, 7) is 5.97. The molecule has 4 aromatic heterocycles. The minimum absolute atomic E-state index is 0.392. The van der Waals surface area contributed by atoms with E-state index < -0.39 is 11.2 Å². The molecule has 0 radical (unpaired) electrons. The second-order valence-electron chi connectivity index (χ2n) is 7.13. The van der Waals surface area contributed by atoms with Crippen LogP contribution >= 0.6 is 34.4 Å². The molecule has 0 aliphatic heterocycles. The Labute approximate surface area is 196 Å². The summed E-state index contributed by atoms with van der Waals surface area (Å²) in [5, 5.41) is 14.7. The Morgan fingerprint density at radius 3 is 2.84 bits per heavy atom. The van der Waals surface area contributed by atoms with Crippen LogP contribution in [0.1, 0.15) is 37.4 Å². The van der Waals surface area contributed by atoms with E-state index in [-0.39, 0.29) is 0 Å². The topological polar surface area (TPSA) is 110 Å². The van der Waals surface area contributed by atoms with Crippen molar-refractivity contribution in [2.75, 3.05) is 11.9 Å². The van der Waals surface area contributed by atoms with Crippen LogP contribution in [0, 0.1) is 0 Å². The van der Waals surface area contributed by atoms with E-state index in [0.29, 0.717) is 30.0 Å². The van der Waals surface area contributed by atoms with Crippen LogP contribution in [0.25, 0.3) is 11.2 Å². The number of fused-ring (bicyclic) bond motifs is 1. The molecule has 0 saturated carbocycles. The van der Waals surface area contributed by atoms with Gasteiger partial charge < -0.3 is 9.88 Å². The Hall–Kier alpha value is -2.44. The van der Waals surface area contributed by atoms with Gasteiger partial charge >= 0.3 is 5.69 Å². The molecule has 0 fully saturated rings. The standard InChI is InChI=1S/C20H25N7O2S3/c1-3-5-10-27-16-15(17(28)23-19(27)29)26(4-2)14(22-16)12-31-20-25-24-18(32-20)21-9-8-13-7-6-11-30-13/h6-7,11H,3-5,8-10,12H2,1-2H3,(H,21,24)(H,23,28,29). The zero-order valence-corrected chi connectivity index (χ0v) is 20.4. The first-order valence-electron chi connectivity index (χ1n) is 10.6. The fourth-order valence-corrected chi connectivity index (χ4v) is 5.84. The van der Waals surface area contributed by atoms with Crippen molar-refractivity contribution in [1.29, 1.82) is 0 Å². The fourth-order valence-electron chi connectivity index (χ4n) is 3.41. The highest BCUT2D eigenvalue weighted by Gasteiger charge is 2.18. The predicted molar refractivity (Wildman–Crippen MR) is 131 cm³/mol. The fraction of sp³-hybridized carbons (Fsp3) is 0.450. The Bertz CT molecular complexity index is 1290. The maximum Gasteiger partial charge on any atom is 0.330 e. The SMILES string of the molecule is CCCCn1c(=O)[nH]c(=O)c2c1nc(CSc1nnc(NCCc3cccs3)s1)n2CC. The lowest BCUT2D eigenvalue weighted by atomic mass is 10.3. The molecule has 4 heterocycles. The number of rotatable bonds is 11. The maximum absolute atomic E-state index is 12.5. The highest BCUT2D eigenvalue weighted by atomic mass is 32.2. The molecule has 0 aliphatic carbocycles. The van der Waals surface area contributed by atoms with Gasteiger partial charge in [0.15, 0.2) is 15.5 Å². The average Bonchev–Trinajstić information content (AvgIpc) is 3.52. The molecule has 12 heteroatoms. The molecule has 0 atom stereocenters. The highest BCUT2D eigenvalue weighted by Crippen LogP contribution is 2.29. The van der Waals surface area contributed by atoms with Gasteiger partial charge in [0.1, 0.15) is 5.82 Å². The lowest BCUT2D eigenvalue weighted by Crippen LogP contribution is -2.31. The van der Waals surface area contributed by atoms with Gasteiger partial charge in [-0.1, -0.05) is 42.5 Å². The van der Waals surface area contributed by atoms with Gasteiger partial charge in [0.2, 0.25) is 5.13 Å². The normalized spacial score (nSPS) is 11.4. The first kappa shape index (κ1) is 22.7. The molecule has 0 aromatic carbocycles. The van der Waals surface area contributed by atoms with Crippen LogP contribution in [0.4, 0.5) is 5.13 Å². The van der Waals surface area contributed by atoms with Gasteiger partial charge in [-0.25, -0.2) is 9.78 Å². The zero-order chi connectivity index (χ0) is 22.5. The lowest BCUT2D eigenvalue weighted by Gasteiger charge is -2.06. The van der Waals surface area contributed by atoms with E-state index in [2.05, 4.69) is 49.9 Å². The van der Waals surface area contributed by atoms with Gasteiger partial charge in [-0.15, -0.1) is 21.5 Å². The van der Waals surface area contributed by atoms with E-state index in [1.807, 2.05) is 11.5 Å². The van der Waals surface area contributed by atoms with Crippen LogP contribution in [-0.2, 0) is 25.3 Å². The van der Waals surface area contributed by atoms with Crippen LogP contribution in [0.5, 0.6) is 0 Å². The van der Waals surface area contributed by atoms with Crippen LogP contribution in [0.2, 0.25) is 0 Å². The van der Waals surface area contributed by atoms with Gasteiger partial charge in [0, 0.05) is 24.5 Å². The van der Waals surface area contributed by atoms with E-state index in [0.717, 1.165) is 41.1 Å². The molecule has 4 aromatic rings. The van der Waals surface area contributed by atoms with Crippen molar-refractivity contribution >= 4 is 50.7 Å². The van der Waals surface area contributed by atoms with Crippen molar-refractivity contribution in [2.45, 2.75) is 56.3 Å². The largest absolute Gasteiger partial charge is 0.360 e. The predicted octanol–water partition coefficient (Wildman–Crippen LogP) is 3.57. The quantitative estimate of drug-likeness (QED) is 0.309. The molecule has 0 spiro atoms. The van der Waals surface area contributed by atoms with Crippen molar-refractivity contribution in [2.24, 2.45) is 0 Å². The monoisotopic (exact) mass is 491 g/mol. The smallest absolute Gasteiger partial charge is 0.330 e. The molecule has 9 nitrogen and oxygen atoms in total. The number of thioether (sulfide) groups is 1. The summed E-state index contributed by atoms with van der Waals surface area (Å²) >= 11 is 4.78. The molecule has 0 bridgehead atoms. The minimum atomic E-state index is -0.404. The second kappa shape index (κ2) is 10.5. The molecule has 0 saturated heterocycles. The molecule has 170 valence electrons. The molecule has 0 aliphatic rings. The summed E-state index contributed by atoms with van der Waals surface area (Å²) in [5.74, 6) is 1.28. The van der Waals surface area contributed by atoms with Gasteiger partial charge in [0.25, 0.3) is 5.56 Å². The molecule has 2 N–H and O–H groups in total. The van der Waals surface area contributed by atoms with Crippen molar-refractivity contribution < 1.29 is 0 Å². The number of nitrogens with zero attached hydrogens (tertiary/aromatic N) is 5. The van der Waals surface area contributed by atoms with Crippen LogP contribution in [0.15, 0.2) is 31.4 Å². The second-order valence-corrected chi connectivity index (χ2v) is 10.4. The van der Waals surface area contributed by atoms with Crippen LogP contribution in [-0.4, -0.2) is 35.8 Å². The molecule has 0 amide bonds. The van der Waals surface area contributed by atoms with Crippen molar-refractivity contribution in [3.8, 4) is 0 Å². The summed E-state index contributed by atoms with van der Waals surface area (Å²) in [4.78, 5) is 33.3. The first-order valence-corrected chi connectivity index (χ1v) is 13.2. The number of thiophene rings is 1. The lowest BCUT2D eigenvalue weighted by molar-refractivity contribution is 0.613. The number of nitrogens with one attached hydrogen (secondary N) is 2. The molecular weight excluding hydrogens is 466 g/mol. The summed E-state index contributed by atoms with van der Waals surface area (Å²) in [6.07, 6.45) is 2.75. The van der Waals surface area contributed by atoms with Gasteiger partial charge in [-0.3, -0.25) is 14.3 Å². The Morgan fingerprint density at radius 1 is 1.22 bits per heavy atom. The molecule has 32 heavy (non-hydrogen) atoms. The number of aromatic nitrogens is 6. The molecular formula is C20H25N7O2S3. The van der Waals surface area contributed by atoms with E-state index in [9.17, 15) is 9.59 Å². The molecule has 0 unspecified atom stereocenters. The van der Waals surface area contributed by atoms with Crippen molar-refractivity contribution in [3.63, 3.8) is 0 Å². The number of H-pyrrole nitrogens is 1.